The maximum atomic E-state index is 11.3. The zero-order valence-electron chi connectivity index (χ0n) is 20.6. The van der Waals surface area contributed by atoms with Crippen LogP contribution >= 0.6 is 11.6 Å². The van der Waals surface area contributed by atoms with E-state index in [2.05, 4.69) is 30.3 Å². The van der Waals surface area contributed by atoms with Crippen LogP contribution in [0.1, 0.15) is 31.5 Å². The summed E-state index contributed by atoms with van der Waals surface area (Å²) in [6.07, 6.45) is 9.64. The van der Waals surface area contributed by atoms with Crippen molar-refractivity contribution in [3.8, 4) is 29.5 Å². The van der Waals surface area contributed by atoms with Crippen LogP contribution in [0.3, 0.4) is 0 Å². The van der Waals surface area contributed by atoms with Crippen LogP contribution in [0.25, 0.3) is 22.4 Å². The second-order valence-corrected chi connectivity index (χ2v) is 9.79. The molecule has 1 amide bonds. The van der Waals surface area contributed by atoms with E-state index < -0.39 is 12.0 Å². The van der Waals surface area contributed by atoms with Crippen LogP contribution in [0.5, 0.6) is 5.88 Å². The molecule has 198 valence electrons. The molecule has 4 N–H and O–H groups in total. The number of anilines is 1. The van der Waals surface area contributed by atoms with Gasteiger partial charge in [0.1, 0.15) is 11.2 Å². The molecule has 3 aromatic rings. The number of halogens is 1. The zero-order valence-corrected chi connectivity index (χ0v) is 21.3. The number of aromatic nitrogens is 5. The van der Waals surface area contributed by atoms with Crippen molar-refractivity contribution in [3.63, 3.8) is 0 Å². The Hall–Kier alpha value is -3.95. The predicted octanol–water partition coefficient (Wildman–Crippen LogP) is 2.94. The highest BCUT2D eigenvalue weighted by atomic mass is 35.5. The molecule has 0 radical (unpaired) electrons. The van der Waals surface area contributed by atoms with Crippen LogP contribution in [0, 0.1) is 29.6 Å². The zero-order chi connectivity index (χ0) is 26.8. The standard InChI is InChI=1S/C25H27ClN8O4/c1-2-14-3-5-15(6-4-14)13-34-19-18(17-11-16(26)12-29-23(17)35)30-22(20(27)38-24(28)36)31-21(19)32-25(34)33-7-9-37-10-8-33/h1,11-12,14-15,27H,3-10,13H2,(H2,28,36)(H,29,35)/t14-,15-. The first-order chi connectivity index (χ1) is 18.3. The van der Waals surface area contributed by atoms with Crippen LogP contribution in [0.15, 0.2) is 12.3 Å². The molecule has 12 nitrogen and oxygen atoms in total. The minimum absolute atomic E-state index is 0.224. The Balaban J connectivity index is 1.70. The molecule has 1 saturated carbocycles. The summed E-state index contributed by atoms with van der Waals surface area (Å²) in [7, 11) is 0. The van der Waals surface area contributed by atoms with E-state index in [1.54, 1.807) is 0 Å². The van der Waals surface area contributed by atoms with Gasteiger partial charge in [0.25, 0.3) is 5.90 Å². The van der Waals surface area contributed by atoms with Crippen LogP contribution in [-0.2, 0) is 16.0 Å². The fraction of sp³-hybridized carbons (Fsp3) is 0.440. The fourth-order valence-corrected chi connectivity index (χ4v) is 5.17. The second kappa shape index (κ2) is 10.8. The number of nitrogens with zero attached hydrogens (tertiary/aromatic N) is 6. The van der Waals surface area contributed by atoms with Crippen molar-refractivity contribution in [2.24, 2.45) is 17.6 Å². The Kier molecular flexibility index (Phi) is 7.31. The van der Waals surface area contributed by atoms with E-state index in [0.717, 1.165) is 25.7 Å². The Labute approximate surface area is 223 Å². The van der Waals surface area contributed by atoms with Gasteiger partial charge in [-0.3, -0.25) is 5.41 Å². The summed E-state index contributed by atoms with van der Waals surface area (Å²) in [5.74, 6) is 3.00. The van der Waals surface area contributed by atoms with Crippen molar-refractivity contribution in [2.75, 3.05) is 31.2 Å². The normalized spacial score (nSPS) is 19.7. The third kappa shape index (κ3) is 5.20. The number of nitrogens with two attached hydrogens (primary N) is 1. The first-order valence-corrected chi connectivity index (χ1v) is 12.7. The summed E-state index contributed by atoms with van der Waals surface area (Å²) in [5.41, 5.74) is 6.39. The molecule has 38 heavy (non-hydrogen) atoms. The van der Waals surface area contributed by atoms with Crippen molar-refractivity contribution in [1.82, 2.24) is 24.5 Å². The highest BCUT2D eigenvalue weighted by Gasteiger charge is 2.29. The van der Waals surface area contributed by atoms with E-state index in [1.165, 1.54) is 12.3 Å². The molecule has 1 aliphatic carbocycles. The highest BCUT2D eigenvalue weighted by Crippen LogP contribution is 2.37. The minimum atomic E-state index is -1.17. The molecule has 0 atom stereocenters. The average Bonchev–Trinajstić information content (AvgIpc) is 3.28. The van der Waals surface area contributed by atoms with Crippen molar-refractivity contribution in [1.29, 1.82) is 5.41 Å². The number of nitrogens with one attached hydrogen (secondary N) is 1. The van der Waals surface area contributed by atoms with E-state index in [0.29, 0.717) is 50.2 Å². The number of carbonyl (C=O) groups is 1. The number of rotatable bonds is 5. The van der Waals surface area contributed by atoms with Gasteiger partial charge < -0.3 is 29.8 Å². The number of morpholine rings is 1. The Morgan fingerprint density at radius 1 is 1.26 bits per heavy atom. The lowest BCUT2D eigenvalue weighted by Crippen LogP contribution is -2.38. The molecule has 2 fully saturated rings. The van der Waals surface area contributed by atoms with Crippen molar-refractivity contribution in [3.05, 3.63) is 23.1 Å². The van der Waals surface area contributed by atoms with Crippen LogP contribution in [0.2, 0.25) is 5.02 Å². The molecule has 4 heterocycles. The molecular weight excluding hydrogens is 512 g/mol. The van der Waals surface area contributed by atoms with E-state index in [4.69, 9.17) is 43.6 Å². The largest absolute Gasteiger partial charge is 0.493 e. The van der Waals surface area contributed by atoms with Gasteiger partial charge in [0.15, 0.2) is 5.65 Å². The van der Waals surface area contributed by atoms with Gasteiger partial charge in [0, 0.05) is 31.7 Å². The molecule has 0 aromatic carbocycles. The number of amides is 1. The number of terminal acetylenes is 1. The number of primary amides is 1. The topological polar surface area (TPSA) is 165 Å². The van der Waals surface area contributed by atoms with Crippen LogP contribution < -0.4 is 10.6 Å². The van der Waals surface area contributed by atoms with Crippen molar-refractivity contribution < 1.29 is 19.4 Å². The first-order valence-electron chi connectivity index (χ1n) is 12.3. The Bertz CT molecular complexity index is 1420. The molecule has 1 saturated heterocycles. The Morgan fingerprint density at radius 2 is 2.00 bits per heavy atom. The van der Waals surface area contributed by atoms with Gasteiger partial charge in [-0.1, -0.05) is 11.6 Å². The molecule has 0 bridgehead atoms. The summed E-state index contributed by atoms with van der Waals surface area (Å²) >= 11 is 6.23. The van der Waals surface area contributed by atoms with E-state index in [-0.39, 0.29) is 39.5 Å². The smallest absolute Gasteiger partial charge is 0.411 e. The molecule has 13 heteroatoms. The maximum Gasteiger partial charge on any atom is 0.411 e. The number of hydrogen-bond donors (Lipinski definition) is 3. The number of hydrogen-bond acceptors (Lipinski definition) is 10. The fourth-order valence-electron chi connectivity index (χ4n) is 5.01. The van der Waals surface area contributed by atoms with E-state index in [9.17, 15) is 9.90 Å². The van der Waals surface area contributed by atoms with E-state index >= 15 is 0 Å². The lowest BCUT2D eigenvalue weighted by atomic mass is 9.82. The van der Waals surface area contributed by atoms with Gasteiger partial charge in [-0.2, -0.15) is 4.98 Å². The van der Waals surface area contributed by atoms with Gasteiger partial charge in [0.2, 0.25) is 17.7 Å². The molecule has 0 spiro atoms. The number of carbonyl (C=O) groups excluding carboxylic acids is 1. The lowest BCUT2D eigenvalue weighted by Gasteiger charge is -2.31. The van der Waals surface area contributed by atoms with Gasteiger partial charge in [0.05, 0.1) is 23.8 Å². The third-order valence-corrected chi connectivity index (χ3v) is 7.10. The molecule has 1 aliphatic heterocycles. The number of aromatic hydroxyl groups is 1. The van der Waals surface area contributed by atoms with Crippen LogP contribution in [-0.4, -0.2) is 67.9 Å². The summed E-state index contributed by atoms with van der Waals surface area (Å²) in [6, 6.07) is 1.53. The summed E-state index contributed by atoms with van der Waals surface area (Å²) in [4.78, 5) is 31.2. The number of imidazole rings is 1. The minimum Gasteiger partial charge on any atom is -0.493 e. The number of pyridine rings is 1. The van der Waals surface area contributed by atoms with Gasteiger partial charge >= 0.3 is 6.09 Å². The molecular formula is C25H27ClN8O4. The van der Waals surface area contributed by atoms with Crippen LogP contribution in [0.4, 0.5) is 10.7 Å². The average molecular weight is 539 g/mol. The third-order valence-electron chi connectivity index (χ3n) is 6.89. The predicted molar refractivity (Wildman–Crippen MR) is 140 cm³/mol. The SMILES string of the molecule is C#C[C@H]1CC[C@H](Cn2c(N3CCOCC3)nc3nc(C(=N)OC(N)=O)nc(-c4cc(Cl)cnc4O)c32)CC1. The van der Waals surface area contributed by atoms with Gasteiger partial charge in [-0.05, 0) is 37.7 Å². The summed E-state index contributed by atoms with van der Waals surface area (Å²) in [5, 5.41) is 19.1. The molecule has 3 aromatic heterocycles. The summed E-state index contributed by atoms with van der Waals surface area (Å²) in [6.45, 7) is 2.99. The monoisotopic (exact) mass is 538 g/mol. The quantitative estimate of drug-likeness (QED) is 0.251. The maximum absolute atomic E-state index is 11.3. The Morgan fingerprint density at radius 3 is 2.68 bits per heavy atom. The molecule has 0 unspecified atom stereocenters. The van der Waals surface area contributed by atoms with Gasteiger partial charge in [-0.15, -0.1) is 12.3 Å². The number of fused-ring (bicyclic) bond motifs is 1. The van der Waals surface area contributed by atoms with E-state index in [1.807, 2.05) is 0 Å². The molecule has 2 aliphatic rings. The van der Waals surface area contributed by atoms with Gasteiger partial charge in [-0.25, -0.2) is 19.7 Å². The second-order valence-electron chi connectivity index (χ2n) is 9.35. The molecule has 5 rings (SSSR count). The lowest BCUT2D eigenvalue weighted by molar-refractivity contribution is 0.121. The van der Waals surface area contributed by atoms with Crippen molar-refractivity contribution in [2.45, 2.75) is 32.2 Å². The number of ether oxygens (including phenoxy) is 2. The first kappa shape index (κ1) is 25.7. The highest BCUT2D eigenvalue weighted by molar-refractivity contribution is 6.30. The summed E-state index contributed by atoms with van der Waals surface area (Å²) < 4.78 is 12.3. The van der Waals surface area contributed by atoms with Crippen molar-refractivity contribution >= 4 is 40.7 Å².